The zero-order chi connectivity index (χ0) is 97.5. The molecule has 9 aromatic heterocycles. The van der Waals surface area contributed by atoms with Gasteiger partial charge in [0.05, 0.1) is 56.4 Å². The summed E-state index contributed by atoms with van der Waals surface area (Å²) in [5, 5.41) is 10.8. The molecule has 9 heterocycles. The van der Waals surface area contributed by atoms with Gasteiger partial charge in [-0.15, -0.1) is 34.0 Å². The van der Waals surface area contributed by atoms with Gasteiger partial charge in [0.2, 0.25) is 0 Å². The number of hydrogen-bond donors (Lipinski definition) is 0. The first-order valence-corrected chi connectivity index (χ1v) is 51.5. The molecule has 28 rings (SSSR count). The normalized spacial score (nSPS) is 11.4. The lowest BCUT2D eigenvalue weighted by atomic mass is 9.97. The first-order valence-electron chi connectivity index (χ1n) is 49.0. The van der Waals surface area contributed by atoms with E-state index in [1.165, 1.54) is 98.9 Å². The Kier molecular flexibility index (Phi) is 23.4. The predicted molar refractivity (Wildman–Crippen MR) is 615 cm³/mol. The minimum Gasteiger partial charge on any atom is -0.247 e. The number of thiophene rings is 3. The van der Waals surface area contributed by atoms with Crippen LogP contribution in [0.5, 0.6) is 0 Å². The first kappa shape index (κ1) is 88.4. The number of nitrogens with zero attached hydrogens (tertiary/aromatic N) is 10. The van der Waals surface area contributed by atoms with Crippen molar-refractivity contribution >= 4 is 127 Å². The average Bonchev–Trinajstić information content (AvgIpc) is 1.50. The topological polar surface area (TPSA) is 129 Å². The molecule has 19 aromatic carbocycles. The van der Waals surface area contributed by atoms with Crippen LogP contribution in [0, 0.1) is 0 Å². The third kappa shape index (κ3) is 17.3. The predicted octanol–water partition coefficient (Wildman–Crippen LogP) is 36.2. The monoisotopic (exact) mass is 1930 g/mol. The van der Waals surface area contributed by atoms with Gasteiger partial charge in [0.15, 0.2) is 29.1 Å². The van der Waals surface area contributed by atoms with E-state index in [-0.39, 0.29) is 0 Å². The van der Waals surface area contributed by atoms with E-state index in [9.17, 15) is 0 Å². The molecule has 0 radical (unpaired) electrons. The molecule has 0 aliphatic heterocycles. The molecule has 0 amide bonds. The molecule has 0 spiro atoms. The van der Waals surface area contributed by atoms with Crippen LogP contribution in [0.15, 0.2) is 510 Å². The van der Waals surface area contributed by atoms with E-state index >= 15 is 0 Å². The molecule has 0 aliphatic rings. The van der Waals surface area contributed by atoms with Crippen molar-refractivity contribution < 1.29 is 0 Å². The minimum atomic E-state index is 0.622. The van der Waals surface area contributed by atoms with E-state index in [1.807, 2.05) is 155 Å². The van der Waals surface area contributed by atoms with Crippen LogP contribution >= 0.6 is 34.0 Å². The molecule has 0 bridgehead atoms. The lowest BCUT2D eigenvalue weighted by Gasteiger charge is -2.13. The summed E-state index contributed by atoms with van der Waals surface area (Å²) in [7, 11) is 0. The molecular formula is C134H84N10S3. The van der Waals surface area contributed by atoms with E-state index in [0.29, 0.717) is 29.1 Å². The Balaban J connectivity index is 0.000000112. The van der Waals surface area contributed by atoms with Gasteiger partial charge in [0.1, 0.15) is 0 Å². The fourth-order valence-corrected chi connectivity index (χ4v) is 23.6. The zero-order valence-electron chi connectivity index (χ0n) is 79.2. The number of benzene rings is 19. The molecule has 13 heteroatoms. The lowest BCUT2D eigenvalue weighted by molar-refractivity contribution is 1.07. The number of hydrogen-bond acceptors (Lipinski definition) is 13. The third-order valence-electron chi connectivity index (χ3n) is 27.1. The maximum Gasteiger partial charge on any atom is 0.164 e. The molecule has 147 heavy (non-hydrogen) atoms. The number of pyridine rings is 3. The summed E-state index contributed by atoms with van der Waals surface area (Å²) < 4.78 is 7.54. The van der Waals surface area contributed by atoms with Crippen LogP contribution < -0.4 is 0 Å². The quantitative estimate of drug-likeness (QED) is 0.0922. The van der Waals surface area contributed by atoms with Crippen LogP contribution in [0.2, 0.25) is 0 Å². The maximum absolute atomic E-state index is 5.49. The van der Waals surface area contributed by atoms with Crippen LogP contribution in [0.4, 0.5) is 0 Å². The molecule has 0 unspecified atom stereocenters. The fraction of sp³-hybridized carbons (Fsp3) is 0. The summed E-state index contributed by atoms with van der Waals surface area (Å²) in [6.07, 6.45) is 0. The van der Waals surface area contributed by atoms with Crippen molar-refractivity contribution in [2.75, 3.05) is 0 Å². The summed E-state index contributed by atoms with van der Waals surface area (Å²) in [6, 6.07) is 177. The average molecular weight is 1930 g/mol. The molecule has 0 fully saturated rings. The van der Waals surface area contributed by atoms with Gasteiger partial charge in [-0.2, -0.15) is 0 Å². The van der Waals surface area contributed by atoms with E-state index in [1.54, 1.807) is 0 Å². The molecular weight excluding hydrogens is 1850 g/mol. The Morgan fingerprint density at radius 3 is 0.789 bits per heavy atom. The standard InChI is InChI=1S/C49H31N3S.C43H27N3S.C42H26N4S/c1-4-13-32(14-5-1)33-23-25-35(26-24-33)42-31-43(51-49(50-42)38-17-8-3-9-18-38)36-27-29-37(30-28-36)46-45-40-19-10-11-22-44(40)53-48(45)41-21-12-20-39(47(41)52-46)34-15-6-2-7-16-34;1-4-12-28(13-5-1)33-24-25-36-35(26-33)42-40(34-18-10-11-19-39(34)47-42)41(44-36)31-20-22-32(23-21-31)43-45-37(29-14-6-2-7-15-29)27-38(46-43)30-16-8-3-9-17-30;1-4-14-27(15-5-1)32-23-13-24-34-38(32)43-37(36-33-22-10-11-25-35(33)47-39(34)36)30-20-12-21-31(26-30)42-45-40(28-16-6-2-7-17-28)44-41(46-42)29-18-8-3-9-19-29/h1-31H;1-27H;1-26H. The van der Waals surface area contributed by atoms with Gasteiger partial charge in [-0.25, -0.2) is 49.8 Å². The molecule has 10 nitrogen and oxygen atoms in total. The summed E-state index contributed by atoms with van der Waals surface area (Å²) >= 11 is 5.52. The Bertz CT molecular complexity index is 9680. The second-order valence-electron chi connectivity index (χ2n) is 36.3. The first-order chi connectivity index (χ1) is 72.8. The van der Waals surface area contributed by atoms with E-state index in [4.69, 9.17) is 49.8 Å². The maximum atomic E-state index is 5.49. The van der Waals surface area contributed by atoms with Gasteiger partial charge in [0, 0.05) is 155 Å². The summed E-state index contributed by atoms with van der Waals surface area (Å²) in [4.78, 5) is 51.4. The van der Waals surface area contributed by atoms with Crippen molar-refractivity contribution in [1.29, 1.82) is 0 Å². The Hall–Kier alpha value is -18.8. The highest BCUT2D eigenvalue weighted by atomic mass is 32.1. The van der Waals surface area contributed by atoms with Crippen molar-refractivity contribution in [2.24, 2.45) is 0 Å². The zero-order valence-corrected chi connectivity index (χ0v) is 81.6. The van der Waals surface area contributed by atoms with Gasteiger partial charge in [-0.1, -0.05) is 461 Å². The molecule has 0 aliphatic carbocycles. The van der Waals surface area contributed by atoms with Crippen molar-refractivity contribution in [3.8, 4) is 180 Å². The number of para-hydroxylation sites is 2. The summed E-state index contributed by atoms with van der Waals surface area (Å²) in [6.45, 7) is 0. The highest BCUT2D eigenvalue weighted by Gasteiger charge is 2.26. The summed E-state index contributed by atoms with van der Waals surface area (Å²) in [5.41, 5.74) is 30.9. The van der Waals surface area contributed by atoms with Crippen molar-refractivity contribution in [2.45, 2.75) is 0 Å². The molecule has 0 saturated carbocycles. The summed E-state index contributed by atoms with van der Waals surface area (Å²) in [5.74, 6) is 3.30. The molecule has 0 atom stereocenters. The number of aromatic nitrogens is 10. The Labute approximate surface area is 860 Å². The highest BCUT2D eigenvalue weighted by Crippen LogP contribution is 2.50. The molecule has 0 saturated heterocycles. The largest absolute Gasteiger partial charge is 0.247 e. The van der Waals surface area contributed by atoms with E-state index in [0.717, 1.165) is 145 Å². The van der Waals surface area contributed by atoms with Gasteiger partial charge < -0.3 is 0 Å². The fourth-order valence-electron chi connectivity index (χ4n) is 19.9. The van der Waals surface area contributed by atoms with E-state index in [2.05, 4.69) is 388 Å². The third-order valence-corrected chi connectivity index (χ3v) is 30.7. The molecule has 0 N–H and O–H groups in total. The highest BCUT2D eigenvalue weighted by molar-refractivity contribution is 7.27. The Morgan fingerprint density at radius 2 is 0.388 bits per heavy atom. The van der Waals surface area contributed by atoms with Gasteiger partial charge in [0.25, 0.3) is 0 Å². The van der Waals surface area contributed by atoms with Crippen LogP contribution in [0.1, 0.15) is 0 Å². The second-order valence-corrected chi connectivity index (χ2v) is 39.4. The number of rotatable bonds is 16. The van der Waals surface area contributed by atoms with Gasteiger partial charge in [-0.05, 0) is 81.9 Å². The second kappa shape index (κ2) is 38.9. The smallest absolute Gasteiger partial charge is 0.164 e. The Morgan fingerprint density at radius 1 is 0.136 bits per heavy atom. The van der Waals surface area contributed by atoms with Crippen LogP contribution in [0.25, 0.3) is 273 Å². The van der Waals surface area contributed by atoms with Crippen LogP contribution in [-0.2, 0) is 0 Å². The van der Waals surface area contributed by atoms with Crippen molar-refractivity contribution in [3.05, 3.63) is 510 Å². The van der Waals surface area contributed by atoms with Crippen LogP contribution in [-0.4, -0.2) is 49.8 Å². The molecule has 688 valence electrons. The minimum absolute atomic E-state index is 0.622. The van der Waals surface area contributed by atoms with E-state index < -0.39 is 0 Å². The van der Waals surface area contributed by atoms with Crippen LogP contribution in [0.3, 0.4) is 0 Å². The SMILES string of the molecule is c1ccc(-c2ccc(-c3cc(-c4ccc(-c5nc6c(-c7ccccc7)cccc6c6sc7ccccc7c56)cc4)nc(-c4ccccc4)n3)cc2)cc1.c1ccc(-c2ccc3nc(-c4ccc(-c5nc(-c6ccccc6)cc(-c6ccccc6)n5)cc4)c4c5ccccc5sc4c3c2)cc1.c1ccc(-c2nc(-c3ccccc3)nc(-c3cccc(-c4nc5c(-c6ccccc6)cccc5c5sc6ccccc6c45)c3)n2)cc1. The number of fused-ring (bicyclic) bond motifs is 15. The molecule has 28 aromatic rings. The van der Waals surface area contributed by atoms with Gasteiger partial charge >= 0.3 is 0 Å². The van der Waals surface area contributed by atoms with Gasteiger partial charge in [-0.3, -0.25) is 0 Å². The van der Waals surface area contributed by atoms with Crippen molar-refractivity contribution in [1.82, 2.24) is 49.8 Å². The lowest BCUT2D eigenvalue weighted by Crippen LogP contribution is -2.00. The van der Waals surface area contributed by atoms with Crippen molar-refractivity contribution in [3.63, 3.8) is 0 Å².